The Hall–Kier alpha value is -1.31. The average Bonchev–Trinajstić information content (AvgIpc) is 2.26. The first kappa shape index (κ1) is 14.1. The molecule has 7 heteroatoms. The van der Waals surface area contributed by atoms with Crippen molar-refractivity contribution in [1.29, 1.82) is 0 Å². The normalized spacial score (nSPS) is 24.5. The molecule has 2 rings (SSSR count). The fourth-order valence-electron chi connectivity index (χ4n) is 2.42. The van der Waals surface area contributed by atoms with Crippen LogP contribution in [-0.2, 0) is 10.0 Å². The summed E-state index contributed by atoms with van der Waals surface area (Å²) in [7, 11) is -3.74. The van der Waals surface area contributed by atoms with E-state index in [9.17, 15) is 13.5 Å². The van der Waals surface area contributed by atoms with Crippen molar-refractivity contribution in [2.24, 2.45) is 5.14 Å². The number of benzene rings is 1. The maximum atomic E-state index is 11.2. The summed E-state index contributed by atoms with van der Waals surface area (Å²) in [6, 6.07) is 4.43. The first-order valence-corrected chi connectivity index (χ1v) is 7.63. The number of piperidine rings is 1. The lowest BCUT2D eigenvalue weighted by molar-refractivity contribution is 0.0450. The van der Waals surface area contributed by atoms with Gasteiger partial charge in [-0.25, -0.2) is 13.6 Å². The van der Waals surface area contributed by atoms with Gasteiger partial charge >= 0.3 is 0 Å². The summed E-state index contributed by atoms with van der Waals surface area (Å²) in [6.45, 7) is 3.05. The van der Waals surface area contributed by atoms with E-state index in [1.165, 1.54) is 12.1 Å². The zero-order valence-electron chi connectivity index (χ0n) is 10.8. The molecule has 1 unspecified atom stereocenters. The van der Waals surface area contributed by atoms with Gasteiger partial charge in [0, 0.05) is 13.1 Å². The average molecular weight is 285 g/mol. The van der Waals surface area contributed by atoms with Gasteiger partial charge in [-0.15, -0.1) is 0 Å². The van der Waals surface area contributed by atoms with Gasteiger partial charge in [0.1, 0.15) is 0 Å². The fourth-order valence-corrected chi connectivity index (χ4v) is 2.97. The van der Waals surface area contributed by atoms with Crippen molar-refractivity contribution in [3.05, 3.63) is 18.2 Å². The van der Waals surface area contributed by atoms with Gasteiger partial charge in [-0.1, -0.05) is 0 Å². The number of hydrogen-bond acceptors (Lipinski definition) is 5. The highest BCUT2D eigenvalue weighted by Crippen LogP contribution is 2.31. The highest BCUT2D eigenvalue weighted by Gasteiger charge is 2.29. The van der Waals surface area contributed by atoms with Crippen LogP contribution in [0.1, 0.15) is 19.8 Å². The third-order valence-electron chi connectivity index (χ3n) is 3.34. The molecule has 1 atom stereocenters. The van der Waals surface area contributed by atoms with Gasteiger partial charge in [-0.05, 0) is 38.0 Å². The van der Waals surface area contributed by atoms with E-state index in [1.54, 1.807) is 13.0 Å². The predicted molar refractivity (Wildman–Crippen MR) is 74.3 cm³/mol. The lowest BCUT2D eigenvalue weighted by Crippen LogP contribution is -2.46. The quantitative estimate of drug-likeness (QED) is 0.676. The van der Waals surface area contributed by atoms with E-state index in [-0.39, 0.29) is 4.90 Å². The van der Waals surface area contributed by atoms with E-state index in [2.05, 4.69) is 0 Å². The smallest absolute Gasteiger partial charge is 0.238 e. The van der Waals surface area contributed by atoms with Gasteiger partial charge in [0.25, 0.3) is 0 Å². The third-order valence-corrected chi connectivity index (χ3v) is 4.25. The number of nitrogens with zero attached hydrogens (tertiary/aromatic N) is 1. The maximum absolute atomic E-state index is 11.2. The van der Waals surface area contributed by atoms with Crippen molar-refractivity contribution < 1.29 is 13.5 Å². The Kier molecular flexibility index (Phi) is 3.46. The molecule has 1 aromatic carbocycles. The Morgan fingerprint density at radius 1 is 1.42 bits per heavy atom. The van der Waals surface area contributed by atoms with Crippen molar-refractivity contribution in [2.75, 3.05) is 23.7 Å². The van der Waals surface area contributed by atoms with Crippen molar-refractivity contribution in [1.82, 2.24) is 0 Å². The van der Waals surface area contributed by atoms with Crippen LogP contribution in [0.2, 0.25) is 0 Å². The summed E-state index contributed by atoms with van der Waals surface area (Å²) in [4.78, 5) is 1.96. The molecule has 0 radical (unpaired) electrons. The molecule has 1 aromatic rings. The second-order valence-corrected chi connectivity index (χ2v) is 6.85. The minimum absolute atomic E-state index is 0.00230. The van der Waals surface area contributed by atoms with E-state index >= 15 is 0 Å². The van der Waals surface area contributed by atoms with Gasteiger partial charge in [-0.3, -0.25) is 0 Å². The van der Waals surface area contributed by atoms with Crippen molar-refractivity contribution in [3.8, 4) is 0 Å². The van der Waals surface area contributed by atoms with Crippen LogP contribution < -0.4 is 15.8 Å². The Morgan fingerprint density at radius 2 is 2.11 bits per heavy atom. The van der Waals surface area contributed by atoms with E-state index in [0.717, 1.165) is 25.1 Å². The van der Waals surface area contributed by atoms with Crippen LogP contribution in [0.4, 0.5) is 11.4 Å². The number of nitrogens with two attached hydrogens (primary N) is 2. The van der Waals surface area contributed by atoms with Crippen LogP contribution in [0.25, 0.3) is 0 Å². The van der Waals surface area contributed by atoms with Crippen LogP contribution in [0.3, 0.4) is 0 Å². The van der Waals surface area contributed by atoms with Gasteiger partial charge in [-0.2, -0.15) is 0 Å². The van der Waals surface area contributed by atoms with Crippen LogP contribution in [0, 0.1) is 0 Å². The number of nitrogen functional groups attached to an aromatic ring is 1. The molecule has 1 aliphatic rings. The fraction of sp³-hybridized carbons (Fsp3) is 0.500. The number of aliphatic hydroxyl groups is 1. The lowest BCUT2D eigenvalue weighted by Gasteiger charge is -2.38. The second kappa shape index (κ2) is 4.66. The van der Waals surface area contributed by atoms with Gasteiger partial charge in [0.2, 0.25) is 10.0 Å². The molecule has 1 aliphatic heterocycles. The summed E-state index contributed by atoms with van der Waals surface area (Å²) in [5.41, 5.74) is 6.23. The number of β-amino-alcohol motifs (C(OH)–C–C–N with tert-alkyl or cyclic N) is 1. The lowest BCUT2D eigenvalue weighted by atomic mass is 9.94. The highest BCUT2D eigenvalue weighted by molar-refractivity contribution is 7.89. The van der Waals surface area contributed by atoms with E-state index < -0.39 is 15.6 Å². The Morgan fingerprint density at radius 3 is 2.63 bits per heavy atom. The Labute approximate surface area is 113 Å². The first-order valence-electron chi connectivity index (χ1n) is 6.09. The summed E-state index contributed by atoms with van der Waals surface area (Å²) in [5, 5.41) is 15.1. The summed E-state index contributed by atoms with van der Waals surface area (Å²) >= 11 is 0. The molecule has 5 N–H and O–H groups in total. The van der Waals surface area contributed by atoms with E-state index in [0.29, 0.717) is 12.2 Å². The molecule has 1 fully saturated rings. The zero-order valence-corrected chi connectivity index (χ0v) is 11.7. The summed E-state index contributed by atoms with van der Waals surface area (Å²) < 4.78 is 22.5. The largest absolute Gasteiger partial charge is 0.397 e. The molecular formula is C12H19N3O3S. The third kappa shape index (κ3) is 3.17. The van der Waals surface area contributed by atoms with Crippen LogP contribution in [0.5, 0.6) is 0 Å². The molecule has 106 valence electrons. The van der Waals surface area contributed by atoms with Crippen molar-refractivity contribution >= 4 is 21.4 Å². The monoisotopic (exact) mass is 285 g/mol. The van der Waals surface area contributed by atoms with E-state index in [4.69, 9.17) is 10.9 Å². The SMILES string of the molecule is CC1(O)CCCN(c2ccc(S(N)(=O)=O)cc2N)C1. The predicted octanol–water partition coefficient (Wildman–Crippen LogP) is 0.267. The molecule has 0 aliphatic carbocycles. The topological polar surface area (TPSA) is 110 Å². The molecule has 0 aromatic heterocycles. The number of primary sulfonamides is 1. The van der Waals surface area contributed by atoms with Crippen LogP contribution in [-0.4, -0.2) is 32.2 Å². The summed E-state index contributed by atoms with van der Waals surface area (Å²) in [6.07, 6.45) is 1.61. The highest BCUT2D eigenvalue weighted by atomic mass is 32.2. The molecular weight excluding hydrogens is 266 g/mol. The molecule has 1 saturated heterocycles. The number of sulfonamides is 1. The van der Waals surface area contributed by atoms with Gasteiger partial charge in [0.15, 0.2) is 0 Å². The number of hydrogen-bond donors (Lipinski definition) is 3. The Bertz CT molecular complexity index is 584. The van der Waals surface area contributed by atoms with Crippen molar-refractivity contribution in [2.45, 2.75) is 30.3 Å². The molecule has 0 amide bonds. The number of rotatable bonds is 2. The van der Waals surface area contributed by atoms with Gasteiger partial charge in [0.05, 0.1) is 21.9 Å². The molecule has 6 nitrogen and oxygen atoms in total. The van der Waals surface area contributed by atoms with Crippen molar-refractivity contribution in [3.63, 3.8) is 0 Å². The second-order valence-electron chi connectivity index (χ2n) is 5.29. The Balaban J connectivity index is 2.31. The standard InChI is InChI=1S/C12H19N3O3S/c1-12(16)5-2-6-15(8-12)11-4-3-9(7-10(11)13)19(14,17)18/h3-4,7,16H,2,5-6,8,13H2,1H3,(H2,14,17,18). The molecule has 0 saturated carbocycles. The molecule has 0 spiro atoms. The van der Waals surface area contributed by atoms with E-state index in [1.807, 2.05) is 4.90 Å². The first-order chi connectivity index (χ1) is 8.69. The minimum atomic E-state index is -3.74. The molecule has 0 bridgehead atoms. The van der Waals surface area contributed by atoms with Crippen LogP contribution >= 0.6 is 0 Å². The number of anilines is 2. The molecule has 19 heavy (non-hydrogen) atoms. The zero-order chi connectivity index (χ0) is 14.3. The van der Waals surface area contributed by atoms with Crippen LogP contribution in [0.15, 0.2) is 23.1 Å². The van der Waals surface area contributed by atoms with Gasteiger partial charge < -0.3 is 15.7 Å². The molecule has 1 heterocycles. The minimum Gasteiger partial charge on any atom is -0.397 e. The summed E-state index contributed by atoms with van der Waals surface area (Å²) in [5.74, 6) is 0. The maximum Gasteiger partial charge on any atom is 0.238 e.